The van der Waals surface area contributed by atoms with E-state index in [0.29, 0.717) is 17.0 Å². The predicted molar refractivity (Wildman–Crippen MR) is 95.4 cm³/mol. The number of likely N-dealkylation sites (tertiary alicyclic amines) is 1. The first-order valence-electron chi connectivity index (χ1n) is 8.28. The van der Waals surface area contributed by atoms with Crippen molar-refractivity contribution in [2.45, 2.75) is 33.6 Å². The number of hydrogen-bond donors (Lipinski definition) is 1. The summed E-state index contributed by atoms with van der Waals surface area (Å²) in [5.74, 6) is 0.287. The van der Waals surface area contributed by atoms with Crippen LogP contribution in [-0.2, 0) is 4.79 Å². The fourth-order valence-corrected chi connectivity index (χ4v) is 2.54. The van der Waals surface area contributed by atoms with Gasteiger partial charge >= 0.3 is 0 Å². The van der Waals surface area contributed by atoms with Gasteiger partial charge in [0.1, 0.15) is 5.75 Å². The van der Waals surface area contributed by atoms with E-state index in [0.717, 1.165) is 25.9 Å². The Balaban J connectivity index is 2.18. The van der Waals surface area contributed by atoms with E-state index >= 15 is 0 Å². The summed E-state index contributed by atoms with van der Waals surface area (Å²) in [6.07, 6.45) is 5.44. The molecule has 0 atom stereocenters. The minimum atomic E-state index is -0.242. The zero-order chi connectivity index (χ0) is 17.7. The smallest absolute Gasteiger partial charge is 0.253 e. The highest BCUT2D eigenvalue weighted by molar-refractivity contribution is 6.02. The second kappa shape index (κ2) is 7.51. The molecule has 1 N–H and O–H groups in total. The molecule has 0 saturated carbocycles. The standard InChI is InChI=1S/C19H26N2O3/c1-19(2,3)10-9-17(22)20-15-13-14(7-8-16(15)24-4)18(23)21-11-5-6-12-21/h7-10,13H,5-6,11-12H2,1-4H3,(H,20,22)/b10-9-. The number of hydrogen-bond acceptors (Lipinski definition) is 3. The quantitative estimate of drug-likeness (QED) is 0.860. The Labute approximate surface area is 143 Å². The van der Waals surface area contributed by atoms with E-state index in [-0.39, 0.29) is 17.2 Å². The van der Waals surface area contributed by atoms with Crippen LogP contribution in [0.5, 0.6) is 5.75 Å². The number of ether oxygens (including phenoxy) is 1. The first-order valence-corrected chi connectivity index (χ1v) is 8.28. The monoisotopic (exact) mass is 330 g/mol. The third-order valence-electron chi connectivity index (χ3n) is 3.83. The highest BCUT2D eigenvalue weighted by Crippen LogP contribution is 2.27. The van der Waals surface area contributed by atoms with Crippen molar-refractivity contribution in [3.05, 3.63) is 35.9 Å². The second-order valence-corrected chi connectivity index (χ2v) is 7.10. The Morgan fingerprint density at radius 3 is 2.46 bits per heavy atom. The van der Waals surface area contributed by atoms with Crippen LogP contribution >= 0.6 is 0 Å². The van der Waals surface area contributed by atoms with Gasteiger partial charge in [-0.25, -0.2) is 0 Å². The van der Waals surface area contributed by atoms with Crippen LogP contribution in [0.15, 0.2) is 30.4 Å². The summed E-state index contributed by atoms with van der Waals surface area (Å²) in [5, 5.41) is 2.80. The van der Waals surface area contributed by atoms with Crippen molar-refractivity contribution < 1.29 is 14.3 Å². The van der Waals surface area contributed by atoms with E-state index in [2.05, 4.69) is 5.32 Å². The number of methoxy groups -OCH3 is 1. The van der Waals surface area contributed by atoms with Crippen molar-refractivity contribution in [2.24, 2.45) is 5.41 Å². The largest absolute Gasteiger partial charge is 0.495 e. The number of benzene rings is 1. The maximum Gasteiger partial charge on any atom is 0.253 e. The molecule has 1 fully saturated rings. The Hall–Kier alpha value is -2.30. The maximum absolute atomic E-state index is 12.5. The van der Waals surface area contributed by atoms with Gasteiger partial charge in [0.15, 0.2) is 0 Å². The van der Waals surface area contributed by atoms with Crippen LogP contribution in [0, 0.1) is 5.41 Å². The summed E-state index contributed by atoms with van der Waals surface area (Å²) in [7, 11) is 1.54. The number of carbonyl (C=O) groups excluding carboxylic acids is 2. The van der Waals surface area contributed by atoms with Gasteiger partial charge in [-0.2, -0.15) is 0 Å². The van der Waals surface area contributed by atoms with Crippen LogP contribution in [0.25, 0.3) is 0 Å². The molecule has 5 nitrogen and oxygen atoms in total. The normalized spacial score (nSPS) is 14.9. The van der Waals surface area contributed by atoms with Gasteiger partial charge in [0.2, 0.25) is 5.91 Å². The third-order valence-corrected chi connectivity index (χ3v) is 3.83. The van der Waals surface area contributed by atoms with E-state index in [4.69, 9.17) is 4.74 Å². The second-order valence-electron chi connectivity index (χ2n) is 7.10. The average molecular weight is 330 g/mol. The molecule has 1 heterocycles. The van der Waals surface area contributed by atoms with Gasteiger partial charge in [-0.15, -0.1) is 0 Å². The van der Waals surface area contributed by atoms with E-state index in [9.17, 15) is 9.59 Å². The lowest BCUT2D eigenvalue weighted by Gasteiger charge is -2.17. The summed E-state index contributed by atoms with van der Waals surface area (Å²) < 4.78 is 5.29. The zero-order valence-corrected chi connectivity index (χ0v) is 14.9. The van der Waals surface area contributed by atoms with E-state index in [1.54, 1.807) is 18.2 Å². The lowest BCUT2D eigenvalue weighted by molar-refractivity contribution is -0.112. The Kier molecular flexibility index (Phi) is 5.65. The van der Waals surface area contributed by atoms with Crippen LogP contribution < -0.4 is 10.1 Å². The molecular formula is C19H26N2O3. The van der Waals surface area contributed by atoms with Crippen LogP contribution in [0.3, 0.4) is 0 Å². The minimum absolute atomic E-state index is 0.00381. The van der Waals surface area contributed by atoms with Crippen molar-refractivity contribution in [3.63, 3.8) is 0 Å². The molecule has 1 aromatic carbocycles. The number of carbonyl (C=O) groups is 2. The minimum Gasteiger partial charge on any atom is -0.495 e. The number of allylic oxidation sites excluding steroid dienone is 1. The molecule has 1 aliphatic heterocycles. The molecule has 0 bridgehead atoms. The molecule has 1 saturated heterocycles. The molecule has 1 aromatic rings. The molecule has 0 aliphatic carbocycles. The third kappa shape index (κ3) is 4.85. The summed E-state index contributed by atoms with van der Waals surface area (Å²) >= 11 is 0. The number of amides is 2. The predicted octanol–water partition coefficient (Wildman–Crippen LogP) is 3.47. The van der Waals surface area contributed by atoms with Gasteiger partial charge in [-0.3, -0.25) is 9.59 Å². The highest BCUT2D eigenvalue weighted by atomic mass is 16.5. The molecule has 130 valence electrons. The van der Waals surface area contributed by atoms with E-state index < -0.39 is 0 Å². The van der Waals surface area contributed by atoms with Crippen LogP contribution in [-0.4, -0.2) is 36.9 Å². The van der Waals surface area contributed by atoms with Gasteiger partial charge in [0.05, 0.1) is 12.8 Å². The summed E-state index contributed by atoms with van der Waals surface area (Å²) in [5.41, 5.74) is 0.994. The van der Waals surface area contributed by atoms with Gasteiger partial charge in [0, 0.05) is 18.7 Å². The van der Waals surface area contributed by atoms with Crippen LogP contribution in [0.2, 0.25) is 0 Å². The Bertz CT molecular complexity index is 639. The number of anilines is 1. The van der Waals surface area contributed by atoms with Gasteiger partial charge in [0.25, 0.3) is 5.91 Å². The lowest BCUT2D eigenvalue weighted by atomic mass is 9.96. The molecule has 5 heteroatoms. The molecule has 2 amide bonds. The fourth-order valence-electron chi connectivity index (χ4n) is 2.54. The Morgan fingerprint density at radius 1 is 1.21 bits per heavy atom. The highest BCUT2D eigenvalue weighted by Gasteiger charge is 2.20. The lowest BCUT2D eigenvalue weighted by Crippen LogP contribution is -2.27. The van der Waals surface area contributed by atoms with Crippen LogP contribution in [0.4, 0.5) is 5.69 Å². The first kappa shape index (κ1) is 18.0. The topological polar surface area (TPSA) is 58.6 Å². The van der Waals surface area contributed by atoms with Gasteiger partial charge in [-0.1, -0.05) is 26.8 Å². The number of rotatable bonds is 4. The van der Waals surface area contributed by atoms with Gasteiger partial charge in [-0.05, 0) is 42.5 Å². The number of nitrogens with zero attached hydrogens (tertiary/aromatic N) is 1. The zero-order valence-electron chi connectivity index (χ0n) is 14.9. The van der Waals surface area contributed by atoms with Crippen LogP contribution in [0.1, 0.15) is 44.0 Å². The summed E-state index contributed by atoms with van der Waals surface area (Å²) in [4.78, 5) is 26.5. The molecule has 24 heavy (non-hydrogen) atoms. The maximum atomic E-state index is 12.5. The van der Waals surface area contributed by atoms with Crippen molar-refractivity contribution in [3.8, 4) is 5.75 Å². The molecule has 0 spiro atoms. The fraction of sp³-hybridized carbons (Fsp3) is 0.474. The van der Waals surface area contributed by atoms with Crippen molar-refractivity contribution in [1.82, 2.24) is 4.90 Å². The van der Waals surface area contributed by atoms with Crippen molar-refractivity contribution in [2.75, 3.05) is 25.5 Å². The molecule has 2 rings (SSSR count). The molecule has 0 radical (unpaired) electrons. The SMILES string of the molecule is COc1ccc(C(=O)N2CCCC2)cc1NC(=O)/C=C\C(C)(C)C. The molecule has 0 unspecified atom stereocenters. The van der Waals surface area contributed by atoms with E-state index in [1.807, 2.05) is 31.7 Å². The van der Waals surface area contributed by atoms with Crippen molar-refractivity contribution >= 4 is 17.5 Å². The molecule has 1 aliphatic rings. The molecule has 0 aromatic heterocycles. The van der Waals surface area contributed by atoms with Gasteiger partial charge < -0.3 is 15.0 Å². The first-order chi connectivity index (χ1) is 11.3. The summed E-state index contributed by atoms with van der Waals surface area (Å²) in [6, 6.07) is 5.13. The molecular weight excluding hydrogens is 304 g/mol. The van der Waals surface area contributed by atoms with E-state index in [1.165, 1.54) is 13.2 Å². The average Bonchev–Trinajstić information content (AvgIpc) is 3.06. The van der Waals surface area contributed by atoms with Crippen molar-refractivity contribution in [1.29, 1.82) is 0 Å². The summed E-state index contributed by atoms with van der Waals surface area (Å²) in [6.45, 7) is 7.65. The number of nitrogens with one attached hydrogen (secondary N) is 1. The Morgan fingerprint density at radius 2 is 1.88 bits per heavy atom.